The molecule has 0 aromatic heterocycles. The van der Waals surface area contributed by atoms with Crippen molar-refractivity contribution in [1.29, 1.82) is 0 Å². The summed E-state index contributed by atoms with van der Waals surface area (Å²) < 4.78 is 0. The zero-order chi connectivity index (χ0) is 15.8. The minimum absolute atomic E-state index is 0.0818. The van der Waals surface area contributed by atoms with Crippen LogP contribution < -0.4 is 5.32 Å². The molecule has 2 saturated carbocycles. The van der Waals surface area contributed by atoms with E-state index in [2.05, 4.69) is 23.5 Å². The molecule has 2 amide bonds. The molecule has 0 spiro atoms. The van der Waals surface area contributed by atoms with Crippen molar-refractivity contribution in [3.8, 4) is 0 Å². The average Bonchev–Trinajstić information content (AvgIpc) is 3.23. The fraction of sp³-hybridized carbons (Fsp3) is 0.579. The van der Waals surface area contributed by atoms with Gasteiger partial charge >= 0.3 is 0 Å². The van der Waals surface area contributed by atoms with Crippen molar-refractivity contribution in [2.75, 3.05) is 6.54 Å². The van der Waals surface area contributed by atoms with Gasteiger partial charge in [-0.25, -0.2) is 0 Å². The number of hydrogen-bond donors (Lipinski definition) is 1. The van der Waals surface area contributed by atoms with Crippen LogP contribution in [0.25, 0.3) is 0 Å². The Kier molecular flexibility index (Phi) is 3.83. The quantitative estimate of drug-likeness (QED) is 0.931. The third-order valence-electron chi connectivity index (χ3n) is 5.59. The molecule has 0 bridgehead atoms. The molecule has 2 unspecified atom stereocenters. The molecule has 4 heteroatoms. The molecular formula is C19H24N2O2. The first-order valence-corrected chi connectivity index (χ1v) is 8.88. The van der Waals surface area contributed by atoms with Crippen LogP contribution in [0, 0.1) is 11.8 Å². The molecule has 1 aromatic rings. The second kappa shape index (κ2) is 5.99. The number of benzene rings is 1. The van der Waals surface area contributed by atoms with Gasteiger partial charge in [0.2, 0.25) is 11.8 Å². The van der Waals surface area contributed by atoms with Gasteiger partial charge in [-0.3, -0.25) is 9.59 Å². The Morgan fingerprint density at radius 3 is 2.57 bits per heavy atom. The van der Waals surface area contributed by atoms with Gasteiger partial charge in [0.15, 0.2) is 0 Å². The molecule has 1 heterocycles. The van der Waals surface area contributed by atoms with E-state index in [0.717, 1.165) is 32.2 Å². The van der Waals surface area contributed by atoms with Crippen LogP contribution in [0.2, 0.25) is 0 Å². The first-order valence-electron chi connectivity index (χ1n) is 8.88. The highest BCUT2D eigenvalue weighted by Gasteiger charge is 2.50. The van der Waals surface area contributed by atoms with Crippen LogP contribution >= 0.6 is 0 Å². The summed E-state index contributed by atoms with van der Waals surface area (Å²) in [5.74, 6) is 0.112. The molecule has 2 fully saturated rings. The van der Waals surface area contributed by atoms with Gasteiger partial charge in [-0.15, -0.1) is 0 Å². The Bertz CT molecular complexity index is 622. The van der Waals surface area contributed by atoms with Gasteiger partial charge in [0, 0.05) is 19.1 Å². The highest BCUT2D eigenvalue weighted by molar-refractivity contribution is 5.92. The second-order valence-electron chi connectivity index (χ2n) is 7.22. The maximum atomic E-state index is 12.7. The van der Waals surface area contributed by atoms with Crippen LogP contribution in [0.15, 0.2) is 24.3 Å². The number of rotatable bonds is 3. The Balaban J connectivity index is 1.33. The summed E-state index contributed by atoms with van der Waals surface area (Å²) in [6.07, 6.45) is 6.28. The van der Waals surface area contributed by atoms with Gasteiger partial charge in [-0.2, -0.15) is 0 Å². The predicted molar refractivity (Wildman–Crippen MR) is 87.6 cm³/mol. The Morgan fingerprint density at radius 2 is 1.78 bits per heavy atom. The Labute approximate surface area is 137 Å². The number of carbonyl (C=O) groups is 2. The van der Waals surface area contributed by atoms with E-state index in [-0.39, 0.29) is 23.7 Å². The molecule has 1 aliphatic heterocycles. The minimum Gasteiger partial charge on any atom is -0.353 e. The SMILES string of the molecule is O=C(NC1CCCC1)C1CC1C(=O)N1CCc2ccccc2C1. The molecule has 3 aliphatic rings. The highest BCUT2D eigenvalue weighted by atomic mass is 16.2. The zero-order valence-corrected chi connectivity index (χ0v) is 13.5. The number of fused-ring (bicyclic) bond motifs is 1. The number of nitrogens with zero attached hydrogens (tertiary/aromatic N) is 1. The molecule has 4 nitrogen and oxygen atoms in total. The maximum Gasteiger partial charge on any atom is 0.226 e. The van der Waals surface area contributed by atoms with Crippen molar-refractivity contribution in [2.24, 2.45) is 11.8 Å². The van der Waals surface area contributed by atoms with Crippen LogP contribution in [0.4, 0.5) is 0 Å². The lowest BCUT2D eigenvalue weighted by Crippen LogP contribution is -2.39. The van der Waals surface area contributed by atoms with Gasteiger partial charge in [0.25, 0.3) is 0 Å². The third kappa shape index (κ3) is 2.99. The van der Waals surface area contributed by atoms with Crippen molar-refractivity contribution < 1.29 is 9.59 Å². The lowest BCUT2D eigenvalue weighted by molar-refractivity contribution is -0.135. The molecular weight excluding hydrogens is 288 g/mol. The van der Waals surface area contributed by atoms with Crippen LogP contribution in [-0.2, 0) is 22.6 Å². The molecule has 2 aliphatic carbocycles. The molecule has 1 N–H and O–H groups in total. The van der Waals surface area contributed by atoms with E-state index in [4.69, 9.17) is 0 Å². The van der Waals surface area contributed by atoms with E-state index >= 15 is 0 Å². The molecule has 0 radical (unpaired) electrons. The molecule has 0 saturated heterocycles. The fourth-order valence-electron chi connectivity index (χ4n) is 4.05. The highest BCUT2D eigenvalue weighted by Crippen LogP contribution is 2.41. The Hall–Kier alpha value is -1.84. The van der Waals surface area contributed by atoms with Crippen molar-refractivity contribution in [1.82, 2.24) is 10.2 Å². The number of amides is 2. The standard InChI is InChI=1S/C19H24N2O2/c22-18(20-15-7-3-4-8-15)16-11-17(16)19(23)21-10-9-13-5-1-2-6-14(13)12-21/h1-2,5-6,15-17H,3-4,7-12H2,(H,20,22). The average molecular weight is 312 g/mol. The van der Waals surface area contributed by atoms with Gasteiger partial charge in [0.1, 0.15) is 0 Å². The van der Waals surface area contributed by atoms with Gasteiger partial charge in [-0.1, -0.05) is 37.1 Å². The van der Waals surface area contributed by atoms with Gasteiger partial charge in [0.05, 0.1) is 11.8 Å². The lowest BCUT2D eigenvalue weighted by atomic mass is 9.99. The summed E-state index contributed by atoms with van der Waals surface area (Å²) >= 11 is 0. The van der Waals surface area contributed by atoms with E-state index in [9.17, 15) is 9.59 Å². The summed E-state index contributed by atoms with van der Waals surface area (Å²) in [6.45, 7) is 1.48. The largest absolute Gasteiger partial charge is 0.353 e. The fourth-order valence-corrected chi connectivity index (χ4v) is 4.05. The summed E-state index contributed by atoms with van der Waals surface area (Å²) in [6, 6.07) is 8.68. The van der Waals surface area contributed by atoms with Crippen LogP contribution in [0.3, 0.4) is 0 Å². The molecule has 122 valence electrons. The van der Waals surface area contributed by atoms with E-state index in [1.165, 1.54) is 24.0 Å². The summed E-state index contributed by atoms with van der Waals surface area (Å²) in [4.78, 5) is 26.9. The lowest BCUT2D eigenvalue weighted by Gasteiger charge is -2.29. The Morgan fingerprint density at radius 1 is 1.04 bits per heavy atom. The van der Waals surface area contributed by atoms with Crippen LogP contribution in [0.5, 0.6) is 0 Å². The topological polar surface area (TPSA) is 49.4 Å². The second-order valence-corrected chi connectivity index (χ2v) is 7.22. The summed E-state index contributed by atoms with van der Waals surface area (Å²) in [7, 11) is 0. The smallest absolute Gasteiger partial charge is 0.226 e. The molecule has 2 atom stereocenters. The van der Waals surface area contributed by atoms with E-state index in [1.807, 2.05) is 11.0 Å². The number of hydrogen-bond acceptors (Lipinski definition) is 2. The summed E-state index contributed by atoms with van der Waals surface area (Å²) in [5, 5.41) is 3.13. The van der Waals surface area contributed by atoms with Gasteiger partial charge < -0.3 is 10.2 Å². The molecule has 4 rings (SSSR count). The zero-order valence-electron chi connectivity index (χ0n) is 13.5. The van der Waals surface area contributed by atoms with Crippen LogP contribution in [0.1, 0.15) is 43.2 Å². The minimum atomic E-state index is -0.0831. The normalized spacial score (nSPS) is 26.7. The first kappa shape index (κ1) is 14.7. The molecule has 23 heavy (non-hydrogen) atoms. The first-order chi connectivity index (χ1) is 11.2. The van der Waals surface area contributed by atoms with Crippen LogP contribution in [-0.4, -0.2) is 29.3 Å². The van der Waals surface area contributed by atoms with E-state index < -0.39 is 0 Å². The van der Waals surface area contributed by atoms with Crippen molar-refractivity contribution >= 4 is 11.8 Å². The maximum absolute atomic E-state index is 12.7. The van der Waals surface area contributed by atoms with Crippen molar-refractivity contribution in [3.05, 3.63) is 35.4 Å². The number of nitrogens with one attached hydrogen (secondary N) is 1. The number of carbonyl (C=O) groups excluding carboxylic acids is 2. The van der Waals surface area contributed by atoms with E-state index in [1.54, 1.807) is 0 Å². The van der Waals surface area contributed by atoms with Crippen molar-refractivity contribution in [3.63, 3.8) is 0 Å². The monoisotopic (exact) mass is 312 g/mol. The predicted octanol–water partition coefficient (Wildman–Crippen LogP) is 2.27. The summed E-state index contributed by atoms with van der Waals surface area (Å²) in [5.41, 5.74) is 2.60. The van der Waals surface area contributed by atoms with E-state index in [0.29, 0.717) is 12.6 Å². The van der Waals surface area contributed by atoms with Gasteiger partial charge in [-0.05, 0) is 36.8 Å². The molecule has 1 aromatic carbocycles. The third-order valence-corrected chi connectivity index (χ3v) is 5.59. The van der Waals surface area contributed by atoms with Crippen molar-refractivity contribution in [2.45, 2.75) is 51.1 Å².